The van der Waals surface area contributed by atoms with Crippen molar-refractivity contribution in [3.8, 4) is 5.75 Å². The Morgan fingerprint density at radius 2 is 2.19 bits per heavy atom. The number of nitro groups is 1. The van der Waals surface area contributed by atoms with Crippen LogP contribution in [0.15, 0.2) is 34.2 Å². The minimum Gasteiger partial charge on any atom is -0.495 e. The van der Waals surface area contributed by atoms with E-state index in [1.807, 2.05) is 6.92 Å². The van der Waals surface area contributed by atoms with Crippen LogP contribution in [-0.2, 0) is 11.2 Å². The van der Waals surface area contributed by atoms with Gasteiger partial charge in [0.25, 0.3) is 11.2 Å². The molecule has 1 aromatic carbocycles. The van der Waals surface area contributed by atoms with Gasteiger partial charge in [-0.1, -0.05) is 25.1 Å². The van der Waals surface area contributed by atoms with E-state index in [1.54, 1.807) is 6.92 Å². The SMILES string of the molecule is CCCc1cc(=O)[nH]c(S[C@H](C)C(=O)Nc2cc([N+](=O)[O-])ccc2OC)n1. The number of rotatable bonds is 8. The van der Waals surface area contributed by atoms with E-state index < -0.39 is 16.1 Å². The van der Waals surface area contributed by atoms with Crippen molar-refractivity contribution in [3.05, 3.63) is 50.4 Å². The molecule has 2 aromatic rings. The van der Waals surface area contributed by atoms with Gasteiger partial charge in [-0.15, -0.1) is 0 Å². The lowest BCUT2D eigenvalue weighted by Crippen LogP contribution is -2.23. The van der Waals surface area contributed by atoms with Crippen molar-refractivity contribution < 1.29 is 14.5 Å². The fraction of sp³-hybridized carbons (Fsp3) is 0.353. The lowest BCUT2D eigenvalue weighted by atomic mass is 10.2. The molecule has 0 unspecified atom stereocenters. The van der Waals surface area contributed by atoms with Crippen LogP contribution in [0.4, 0.5) is 11.4 Å². The van der Waals surface area contributed by atoms with Gasteiger partial charge >= 0.3 is 0 Å². The Labute approximate surface area is 159 Å². The Hall–Kier alpha value is -2.88. The van der Waals surface area contributed by atoms with Crippen molar-refractivity contribution in [2.75, 3.05) is 12.4 Å². The summed E-state index contributed by atoms with van der Waals surface area (Å²) in [5, 5.41) is 13.3. The van der Waals surface area contributed by atoms with E-state index in [9.17, 15) is 19.7 Å². The molecular weight excluding hydrogens is 372 g/mol. The lowest BCUT2D eigenvalue weighted by Gasteiger charge is -2.14. The molecule has 0 fully saturated rings. The van der Waals surface area contributed by atoms with Gasteiger partial charge in [0.1, 0.15) is 5.75 Å². The zero-order valence-electron chi connectivity index (χ0n) is 15.1. The number of aryl methyl sites for hydroxylation is 1. The van der Waals surface area contributed by atoms with Gasteiger partial charge in [0.15, 0.2) is 5.16 Å². The number of hydrogen-bond acceptors (Lipinski definition) is 7. The van der Waals surface area contributed by atoms with Gasteiger partial charge in [0.05, 0.1) is 23.0 Å². The van der Waals surface area contributed by atoms with Crippen LogP contribution in [0.5, 0.6) is 5.75 Å². The van der Waals surface area contributed by atoms with Crippen molar-refractivity contribution in [3.63, 3.8) is 0 Å². The second-order valence-electron chi connectivity index (χ2n) is 5.68. The molecule has 0 saturated heterocycles. The van der Waals surface area contributed by atoms with Gasteiger partial charge in [-0.3, -0.25) is 19.7 Å². The normalized spacial score (nSPS) is 11.7. The highest BCUT2D eigenvalue weighted by Crippen LogP contribution is 2.30. The number of non-ortho nitro benzene ring substituents is 1. The predicted molar refractivity (Wildman–Crippen MR) is 102 cm³/mol. The molecule has 2 N–H and O–H groups in total. The predicted octanol–water partition coefficient (Wildman–Crippen LogP) is 2.76. The molecule has 0 radical (unpaired) electrons. The third-order valence-corrected chi connectivity index (χ3v) is 4.57. The van der Waals surface area contributed by atoms with Gasteiger partial charge in [0, 0.05) is 23.9 Å². The Kier molecular flexibility index (Phi) is 6.94. The Bertz CT molecular complexity index is 899. The maximum Gasteiger partial charge on any atom is 0.271 e. The van der Waals surface area contributed by atoms with Crippen molar-refractivity contribution in [2.45, 2.75) is 37.1 Å². The molecule has 1 amide bonds. The number of benzene rings is 1. The number of ether oxygens (including phenoxy) is 1. The number of carbonyl (C=O) groups is 1. The number of hydrogen-bond donors (Lipinski definition) is 2. The maximum atomic E-state index is 12.5. The molecule has 1 atom stereocenters. The van der Waals surface area contributed by atoms with E-state index >= 15 is 0 Å². The van der Waals surface area contributed by atoms with Crippen molar-refractivity contribution in [1.82, 2.24) is 9.97 Å². The minimum absolute atomic E-state index is 0.162. The topological polar surface area (TPSA) is 127 Å². The van der Waals surface area contributed by atoms with Gasteiger partial charge in [-0.2, -0.15) is 0 Å². The summed E-state index contributed by atoms with van der Waals surface area (Å²) >= 11 is 1.10. The summed E-state index contributed by atoms with van der Waals surface area (Å²) in [6.45, 7) is 3.63. The number of aromatic amines is 1. The second kappa shape index (κ2) is 9.17. The first kappa shape index (κ1) is 20.4. The van der Waals surface area contributed by atoms with E-state index in [1.165, 1.54) is 31.4 Å². The Morgan fingerprint density at radius 3 is 2.81 bits per heavy atom. The molecule has 1 aromatic heterocycles. The quantitative estimate of drug-likeness (QED) is 0.306. The fourth-order valence-electron chi connectivity index (χ4n) is 2.29. The van der Waals surface area contributed by atoms with Crippen LogP contribution in [0.25, 0.3) is 0 Å². The smallest absolute Gasteiger partial charge is 0.271 e. The standard InChI is InChI=1S/C17H20N4O5S/c1-4-5-11-8-15(22)20-17(18-11)27-10(2)16(23)19-13-9-12(21(24)25)6-7-14(13)26-3/h6-10H,4-5H2,1-3H3,(H,19,23)(H,18,20,22)/t10-/m1/s1. The number of thioether (sulfide) groups is 1. The number of anilines is 1. The molecule has 10 heteroatoms. The Morgan fingerprint density at radius 1 is 1.44 bits per heavy atom. The number of aromatic nitrogens is 2. The van der Waals surface area contributed by atoms with Gasteiger partial charge in [-0.25, -0.2) is 4.98 Å². The monoisotopic (exact) mass is 392 g/mol. The minimum atomic E-state index is -0.603. The lowest BCUT2D eigenvalue weighted by molar-refractivity contribution is -0.384. The zero-order valence-corrected chi connectivity index (χ0v) is 16.0. The van der Waals surface area contributed by atoms with Gasteiger partial charge in [0.2, 0.25) is 5.91 Å². The second-order valence-corrected chi connectivity index (χ2v) is 7.01. The highest BCUT2D eigenvalue weighted by Gasteiger charge is 2.19. The van der Waals surface area contributed by atoms with Crippen LogP contribution in [0.3, 0.4) is 0 Å². The number of nitrogens with zero attached hydrogens (tertiary/aromatic N) is 2. The van der Waals surface area contributed by atoms with E-state index in [0.717, 1.165) is 18.2 Å². The van der Waals surface area contributed by atoms with E-state index in [0.29, 0.717) is 23.0 Å². The first-order valence-electron chi connectivity index (χ1n) is 8.24. The largest absolute Gasteiger partial charge is 0.495 e. The molecule has 0 spiro atoms. The number of nitro benzene ring substituents is 1. The Balaban J connectivity index is 2.15. The van der Waals surface area contributed by atoms with Crippen LogP contribution in [-0.4, -0.2) is 33.2 Å². The van der Waals surface area contributed by atoms with E-state index in [-0.39, 0.29) is 16.9 Å². The molecule has 1 heterocycles. The van der Waals surface area contributed by atoms with Crippen LogP contribution in [0, 0.1) is 10.1 Å². The van der Waals surface area contributed by atoms with Crippen molar-refractivity contribution in [1.29, 1.82) is 0 Å². The number of H-pyrrole nitrogens is 1. The summed E-state index contributed by atoms with van der Waals surface area (Å²) in [4.78, 5) is 41.5. The molecule has 0 bridgehead atoms. The number of amides is 1. The van der Waals surface area contributed by atoms with Crippen LogP contribution < -0.4 is 15.6 Å². The van der Waals surface area contributed by atoms with Crippen LogP contribution >= 0.6 is 11.8 Å². The summed E-state index contributed by atoms with van der Waals surface area (Å²) in [5.41, 5.74) is 0.427. The highest BCUT2D eigenvalue weighted by molar-refractivity contribution is 8.00. The van der Waals surface area contributed by atoms with Crippen molar-refractivity contribution >= 4 is 29.0 Å². The molecule has 0 aliphatic heterocycles. The average molecular weight is 392 g/mol. The molecule has 0 aliphatic rings. The molecule has 144 valence electrons. The summed E-state index contributed by atoms with van der Waals surface area (Å²) < 4.78 is 5.13. The van der Waals surface area contributed by atoms with Crippen molar-refractivity contribution in [2.24, 2.45) is 0 Å². The first-order valence-corrected chi connectivity index (χ1v) is 9.12. The van der Waals surface area contributed by atoms with E-state index in [2.05, 4.69) is 15.3 Å². The third kappa shape index (κ3) is 5.55. The number of carbonyl (C=O) groups excluding carboxylic acids is 1. The number of nitrogens with one attached hydrogen (secondary N) is 2. The zero-order chi connectivity index (χ0) is 20.0. The third-order valence-electron chi connectivity index (χ3n) is 3.59. The average Bonchev–Trinajstić information content (AvgIpc) is 2.61. The molecule has 0 aliphatic carbocycles. The summed E-state index contributed by atoms with van der Waals surface area (Å²) in [7, 11) is 1.41. The van der Waals surface area contributed by atoms with E-state index in [4.69, 9.17) is 4.74 Å². The summed E-state index contributed by atoms with van der Waals surface area (Å²) in [5.74, 6) is -0.0926. The van der Waals surface area contributed by atoms with Crippen LogP contribution in [0.1, 0.15) is 26.0 Å². The highest BCUT2D eigenvalue weighted by atomic mass is 32.2. The fourth-order valence-corrected chi connectivity index (χ4v) is 3.12. The molecule has 2 rings (SSSR count). The van der Waals surface area contributed by atoms with Gasteiger partial charge in [-0.05, 0) is 19.4 Å². The molecule has 27 heavy (non-hydrogen) atoms. The molecular formula is C17H20N4O5S. The van der Waals surface area contributed by atoms with Gasteiger partial charge < -0.3 is 15.0 Å². The summed E-state index contributed by atoms with van der Waals surface area (Å²) in [6.07, 6.45) is 1.52. The molecule has 0 saturated carbocycles. The first-order chi connectivity index (χ1) is 12.8. The summed E-state index contributed by atoms with van der Waals surface area (Å²) in [6, 6.07) is 5.38. The maximum absolute atomic E-state index is 12.5. The van der Waals surface area contributed by atoms with Crippen LogP contribution in [0.2, 0.25) is 0 Å². The molecule has 9 nitrogen and oxygen atoms in total. The number of methoxy groups -OCH3 is 1.